The summed E-state index contributed by atoms with van der Waals surface area (Å²) in [4.78, 5) is 20.4. The van der Waals surface area contributed by atoms with Gasteiger partial charge in [0.15, 0.2) is 0 Å². The van der Waals surface area contributed by atoms with Gasteiger partial charge in [-0.05, 0) is 18.2 Å². The average Bonchev–Trinajstić information content (AvgIpc) is 3.05. The van der Waals surface area contributed by atoms with E-state index in [1.165, 1.54) is 12.1 Å². The summed E-state index contributed by atoms with van der Waals surface area (Å²) in [5.41, 5.74) is 0.600. The Bertz CT molecular complexity index is 455. The lowest BCUT2D eigenvalue weighted by molar-refractivity contribution is -0.385. The maximum Gasteiger partial charge on any atom is 0.275 e. The molecule has 5 heteroatoms. The molecule has 0 unspecified atom stereocenters. The van der Waals surface area contributed by atoms with Gasteiger partial charge in [-0.1, -0.05) is 12.1 Å². The molecular weight excluding hydrogens is 210 g/mol. The third kappa shape index (κ3) is 1.99. The number of hydrogen-bond acceptors (Lipinski definition) is 4. The Kier molecular flexibility index (Phi) is 2.78. The minimum atomic E-state index is -0.433. The van der Waals surface area contributed by atoms with Crippen LogP contribution in [-0.2, 0) is 9.53 Å². The number of nitrogens with zero attached hydrogens (tertiary/aromatic N) is 1. The summed E-state index contributed by atoms with van der Waals surface area (Å²) in [7, 11) is 0. The second-order valence-corrected chi connectivity index (χ2v) is 3.36. The summed E-state index contributed by atoms with van der Waals surface area (Å²) >= 11 is 0. The van der Waals surface area contributed by atoms with Gasteiger partial charge in [0.1, 0.15) is 18.5 Å². The predicted octanol–water partition coefficient (Wildman–Crippen LogP) is 1.79. The van der Waals surface area contributed by atoms with Crippen LogP contribution in [0.15, 0.2) is 36.4 Å². The van der Waals surface area contributed by atoms with Crippen molar-refractivity contribution in [3.8, 4) is 0 Å². The summed E-state index contributed by atoms with van der Waals surface area (Å²) in [5.74, 6) is 0. The smallest absolute Gasteiger partial charge is 0.275 e. The zero-order valence-corrected chi connectivity index (χ0v) is 8.28. The number of rotatable bonds is 4. The summed E-state index contributed by atoms with van der Waals surface area (Å²) in [5, 5.41) is 10.8. The van der Waals surface area contributed by atoms with E-state index in [2.05, 4.69) is 0 Å². The Morgan fingerprint density at radius 1 is 1.38 bits per heavy atom. The number of ether oxygens (including phenoxy) is 1. The monoisotopic (exact) mass is 219 g/mol. The molecule has 0 saturated carbocycles. The number of nitro groups is 1. The van der Waals surface area contributed by atoms with E-state index in [-0.39, 0.29) is 17.9 Å². The summed E-state index contributed by atoms with van der Waals surface area (Å²) < 4.78 is 5.25. The number of carbonyl (C=O) groups is 1. The standard InChI is InChI=1S/C11H9NO4/c13-7-3-6-10-11(16-10)8-4-1-2-5-9(8)12(14)15/h1-7,10-11H/b6-3+/t10-,11-/m0/s1. The molecule has 0 radical (unpaired) electrons. The van der Waals surface area contributed by atoms with Crippen LogP contribution in [0.1, 0.15) is 11.7 Å². The SMILES string of the molecule is O=C/C=C/[C@@H]1O[C@H]1c1ccccc1[N+](=O)[O-]. The molecule has 0 bridgehead atoms. The van der Waals surface area contributed by atoms with Crippen molar-refractivity contribution in [2.75, 3.05) is 0 Å². The summed E-state index contributed by atoms with van der Waals surface area (Å²) in [6.45, 7) is 0. The van der Waals surface area contributed by atoms with Crippen molar-refractivity contribution in [1.29, 1.82) is 0 Å². The van der Waals surface area contributed by atoms with Gasteiger partial charge in [-0.25, -0.2) is 0 Å². The van der Waals surface area contributed by atoms with Crippen molar-refractivity contribution in [2.24, 2.45) is 0 Å². The molecule has 5 nitrogen and oxygen atoms in total. The van der Waals surface area contributed by atoms with Crippen LogP contribution in [0.5, 0.6) is 0 Å². The lowest BCUT2D eigenvalue weighted by atomic mass is 10.1. The first-order valence-corrected chi connectivity index (χ1v) is 4.75. The van der Waals surface area contributed by atoms with Crippen molar-refractivity contribution >= 4 is 12.0 Å². The highest BCUT2D eigenvalue weighted by molar-refractivity contribution is 5.65. The molecule has 0 spiro atoms. The van der Waals surface area contributed by atoms with Crippen LogP contribution < -0.4 is 0 Å². The van der Waals surface area contributed by atoms with Crippen molar-refractivity contribution < 1.29 is 14.5 Å². The zero-order valence-electron chi connectivity index (χ0n) is 8.28. The highest BCUT2D eigenvalue weighted by atomic mass is 16.6. The molecule has 1 aliphatic rings. The first kappa shape index (κ1) is 10.5. The van der Waals surface area contributed by atoms with E-state index < -0.39 is 4.92 Å². The summed E-state index contributed by atoms with van der Waals surface area (Å²) in [6.07, 6.45) is 3.04. The van der Waals surface area contributed by atoms with Crippen LogP contribution in [0.3, 0.4) is 0 Å². The molecule has 16 heavy (non-hydrogen) atoms. The average molecular weight is 219 g/mol. The van der Waals surface area contributed by atoms with Gasteiger partial charge in [-0.2, -0.15) is 0 Å². The molecule has 1 heterocycles. The third-order valence-corrected chi connectivity index (χ3v) is 2.34. The molecular formula is C11H9NO4. The lowest BCUT2D eigenvalue weighted by Gasteiger charge is -1.97. The molecule has 0 aliphatic carbocycles. The number of aldehydes is 1. The quantitative estimate of drug-likeness (QED) is 0.254. The largest absolute Gasteiger partial charge is 0.360 e. The molecule has 0 amide bonds. The molecule has 0 aromatic heterocycles. The second-order valence-electron chi connectivity index (χ2n) is 3.36. The van der Waals surface area contributed by atoms with E-state index in [9.17, 15) is 14.9 Å². The highest BCUT2D eigenvalue weighted by Gasteiger charge is 2.41. The minimum absolute atomic E-state index is 0.0505. The van der Waals surface area contributed by atoms with Gasteiger partial charge in [-0.3, -0.25) is 14.9 Å². The van der Waals surface area contributed by atoms with Crippen molar-refractivity contribution in [1.82, 2.24) is 0 Å². The molecule has 1 saturated heterocycles. The van der Waals surface area contributed by atoms with Gasteiger partial charge in [-0.15, -0.1) is 0 Å². The number of benzene rings is 1. The number of allylic oxidation sites excluding steroid dienone is 1. The van der Waals surface area contributed by atoms with Gasteiger partial charge in [0.2, 0.25) is 0 Å². The first-order chi connectivity index (χ1) is 7.74. The number of carbonyl (C=O) groups excluding carboxylic acids is 1. The van der Waals surface area contributed by atoms with Crippen molar-refractivity contribution in [3.05, 3.63) is 52.1 Å². The molecule has 0 N–H and O–H groups in total. The molecule has 1 aromatic carbocycles. The number of nitro benzene ring substituents is 1. The molecule has 82 valence electrons. The van der Waals surface area contributed by atoms with Gasteiger partial charge < -0.3 is 4.74 Å². The fourth-order valence-electron chi connectivity index (χ4n) is 1.57. The summed E-state index contributed by atoms with van der Waals surface area (Å²) in [6, 6.07) is 6.44. The van der Waals surface area contributed by atoms with Crippen LogP contribution in [0.2, 0.25) is 0 Å². The van der Waals surface area contributed by atoms with E-state index in [1.807, 2.05) is 0 Å². The van der Waals surface area contributed by atoms with E-state index in [0.29, 0.717) is 11.8 Å². The third-order valence-electron chi connectivity index (χ3n) is 2.34. The topological polar surface area (TPSA) is 72.7 Å². The van der Waals surface area contributed by atoms with E-state index >= 15 is 0 Å². The maximum absolute atomic E-state index is 10.8. The lowest BCUT2D eigenvalue weighted by Crippen LogP contribution is -1.95. The minimum Gasteiger partial charge on any atom is -0.360 e. The predicted molar refractivity (Wildman–Crippen MR) is 55.9 cm³/mol. The fraction of sp³-hybridized carbons (Fsp3) is 0.182. The Morgan fingerprint density at radius 3 is 2.81 bits per heavy atom. The molecule has 2 rings (SSSR count). The number of para-hydroxylation sites is 1. The van der Waals surface area contributed by atoms with Gasteiger partial charge in [0.05, 0.1) is 10.5 Å². The molecule has 1 aliphatic heterocycles. The van der Waals surface area contributed by atoms with Crippen molar-refractivity contribution in [3.63, 3.8) is 0 Å². The fourth-order valence-corrected chi connectivity index (χ4v) is 1.57. The van der Waals surface area contributed by atoms with E-state index in [4.69, 9.17) is 4.74 Å². The van der Waals surface area contributed by atoms with Crippen LogP contribution in [0.4, 0.5) is 5.69 Å². The normalized spacial score (nSPS) is 23.2. The van der Waals surface area contributed by atoms with Crippen LogP contribution in [0.25, 0.3) is 0 Å². The van der Waals surface area contributed by atoms with E-state index in [1.54, 1.807) is 24.3 Å². The number of epoxide rings is 1. The first-order valence-electron chi connectivity index (χ1n) is 4.75. The zero-order chi connectivity index (χ0) is 11.5. The Hall–Kier alpha value is -2.01. The molecule has 2 atom stereocenters. The van der Waals surface area contributed by atoms with Crippen molar-refractivity contribution in [2.45, 2.75) is 12.2 Å². The van der Waals surface area contributed by atoms with Crippen LogP contribution in [0, 0.1) is 10.1 Å². The Morgan fingerprint density at radius 2 is 2.12 bits per heavy atom. The van der Waals surface area contributed by atoms with Gasteiger partial charge in [0.25, 0.3) is 5.69 Å². The molecule has 1 fully saturated rings. The van der Waals surface area contributed by atoms with E-state index in [0.717, 1.165) is 0 Å². The van der Waals surface area contributed by atoms with Crippen LogP contribution >= 0.6 is 0 Å². The molecule has 1 aromatic rings. The van der Waals surface area contributed by atoms with Gasteiger partial charge >= 0.3 is 0 Å². The number of hydrogen-bond donors (Lipinski definition) is 0. The maximum atomic E-state index is 10.8. The van der Waals surface area contributed by atoms with Crippen LogP contribution in [-0.4, -0.2) is 17.3 Å². The second kappa shape index (κ2) is 4.24. The Labute approximate surface area is 91.5 Å². The Balaban J connectivity index is 2.20. The highest BCUT2D eigenvalue weighted by Crippen LogP contribution is 2.43. The van der Waals surface area contributed by atoms with Gasteiger partial charge in [0, 0.05) is 6.07 Å².